The van der Waals surface area contributed by atoms with Gasteiger partial charge in [0, 0.05) is 18.7 Å². The van der Waals surface area contributed by atoms with Crippen molar-refractivity contribution in [1.82, 2.24) is 5.32 Å². The number of rotatable bonds is 6. The summed E-state index contributed by atoms with van der Waals surface area (Å²) in [4.78, 5) is 11.3. The highest BCUT2D eigenvalue weighted by molar-refractivity contribution is 5.76. The molecule has 0 aromatic heterocycles. The molecule has 20 heavy (non-hydrogen) atoms. The Hall–Kier alpha value is -2.20. The standard InChI is InChI=1S/C16H16FNO2/c17-15-9-5-4-8-13(15)10-18-11-14(16(19)20)12-6-2-1-3-7-12/h1-9,14,18H,10-11H2,(H,19,20). The highest BCUT2D eigenvalue weighted by Crippen LogP contribution is 2.15. The van der Waals surface area contributed by atoms with E-state index in [4.69, 9.17) is 0 Å². The Morgan fingerprint density at radius 1 is 1.10 bits per heavy atom. The lowest BCUT2D eigenvalue weighted by Gasteiger charge is -2.14. The van der Waals surface area contributed by atoms with Crippen molar-refractivity contribution in [3.8, 4) is 0 Å². The SMILES string of the molecule is O=C(O)C(CNCc1ccccc1F)c1ccccc1. The lowest BCUT2D eigenvalue weighted by Crippen LogP contribution is -2.26. The van der Waals surface area contributed by atoms with Crippen LogP contribution in [0.3, 0.4) is 0 Å². The number of benzene rings is 2. The molecular weight excluding hydrogens is 257 g/mol. The molecule has 0 aliphatic carbocycles. The third kappa shape index (κ3) is 3.65. The number of carboxylic acid groups (broad SMARTS) is 1. The van der Waals surface area contributed by atoms with Crippen molar-refractivity contribution in [2.45, 2.75) is 12.5 Å². The molecule has 0 heterocycles. The molecule has 2 N–H and O–H groups in total. The van der Waals surface area contributed by atoms with E-state index in [-0.39, 0.29) is 12.4 Å². The van der Waals surface area contributed by atoms with E-state index in [0.29, 0.717) is 12.1 Å². The lowest BCUT2D eigenvalue weighted by molar-refractivity contribution is -0.138. The van der Waals surface area contributed by atoms with Crippen LogP contribution >= 0.6 is 0 Å². The third-order valence-corrected chi connectivity index (χ3v) is 3.12. The summed E-state index contributed by atoms with van der Waals surface area (Å²) in [5.41, 5.74) is 1.27. The summed E-state index contributed by atoms with van der Waals surface area (Å²) in [6.45, 7) is 0.566. The summed E-state index contributed by atoms with van der Waals surface area (Å²) in [5.74, 6) is -1.81. The summed E-state index contributed by atoms with van der Waals surface area (Å²) in [5, 5.41) is 12.3. The van der Waals surface area contributed by atoms with Gasteiger partial charge < -0.3 is 10.4 Å². The van der Waals surface area contributed by atoms with Crippen LogP contribution in [-0.2, 0) is 11.3 Å². The minimum Gasteiger partial charge on any atom is -0.481 e. The van der Waals surface area contributed by atoms with Gasteiger partial charge in [0.2, 0.25) is 0 Å². The zero-order valence-electron chi connectivity index (χ0n) is 10.9. The van der Waals surface area contributed by atoms with Crippen molar-refractivity contribution < 1.29 is 14.3 Å². The quantitative estimate of drug-likeness (QED) is 0.851. The number of halogens is 1. The summed E-state index contributed by atoms with van der Waals surface area (Å²) in [7, 11) is 0. The molecule has 2 aromatic rings. The number of hydrogen-bond donors (Lipinski definition) is 2. The van der Waals surface area contributed by atoms with Crippen molar-refractivity contribution in [3.63, 3.8) is 0 Å². The number of nitrogens with one attached hydrogen (secondary N) is 1. The first-order valence-corrected chi connectivity index (χ1v) is 6.40. The average Bonchev–Trinajstić information content (AvgIpc) is 2.46. The second-order valence-electron chi connectivity index (χ2n) is 4.52. The van der Waals surface area contributed by atoms with Gasteiger partial charge in [0.15, 0.2) is 0 Å². The second kappa shape index (κ2) is 6.82. The molecule has 3 nitrogen and oxygen atoms in total. The first-order valence-electron chi connectivity index (χ1n) is 6.40. The lowest BCUT2D eigenvalue weighted by atomic mass is 9.99. The van der Waals surface area contributed by atoms with Crippen molar-refractivity contribution in [2.24, 2.45) is 0 Å². The molecule has 2 aromatic carbocycles. The molecule has 4 heteroatoms. The van der Waals surface area contributed by atoms with Gasteiger partial charge in [0.25, 0.3) is 0 Å². The van der Waals surface area contributed by atoms with Crippen molar-refractivity contribution in [1.29, 1.82) is 0 Å². The second-order valence-corrected chi connectivity index (χ2v) is 4.52. The summed E-state index contributed by atoms with van der Waals surface area (Å²) in [6.07, 6.45) is 0. The fraction of sp³-hybridized carbons (Fsp3) is 0.188. The molecule has 2 rings (SSSR count). The number of carbonyl (C=O) groups is 1. The fourth-order valence-electron chi connectivity index (χ4n) is 2.03. The predicted molar refractivity (Wildman–Crippen MR) is 74.9 cm³/mol. The predicted octanol–water partition coefficient (Wildman–Crippen LogP) is 2.78. The Labute approximate surface area is 117 Å². The zero-order chi connectivity index (χ0) is 14.4. The van der Waals surface area contributed by atoms with Gasteiger partial charge in [-0.3, -0.25) is 4.79 Å². The van der Waals surface area contributed by atoms with Crippen molar-refractivity contribution in [3.05, 3.63) is 71.5 Å². The smallest absolute Gasteiger partial charge is 0.312 e. The molecule has 0 spiro atoms. The van der Waals surface area contributed by atoms with E-state index in [9.17, 15) is 14.3 Å². The first-order chi connectivity index (χ1) is 9.68. The van der Waals surface area contributed by atoms with E-state index in [1.165, 1.54) is 6.07 Å². The van der Waals surface area contributed by atoms with Crippen LogP contribution in [0.5, 0.6) is 0 Å². The van der Waals surface area contributed by atoms with E-state index in [0.717, 1.165) is 5.56 Å². The molecule has 0 radical (unpaired) electrons. The van der Waals surface area contributed by atoms with E-state index in [2.05, 4.69) is 5.32 Å². The molecule has 0 aliphatic rings. The Bertz CT molecular complexity index is 572. The van der Waals surface area contributed by atoms with Gasteiger partial charge in [-0.1, -0.05) is 48.5 Å². The largest absolute Gasteiger partial charge is 0.481 e. The van der Waals surface area contributed by atoms with Crippen LogP contribution in [0.25, 0.3) is 0 Å². The maximum Gasteiger partial charge on any atom is 0.312 e. The zero-order valence-corrected chi connectivity index (χ0v) is 10.9. The maximum absolute atomic E-state index is 13.4. The van der Waals surface area contributed by atoms with Gasteiger partial charge >= 0.3 is 5.97 Å². The Kier molecular flexibility index (Phi) is 4.85. The van der Waals surface area contributed by atoms with Gasteiger partial charge in [-0.25, -0.2) is 4.39 Å². The average molecular weight is 273 g/mol. The van der Waals surface area contributed by atoms with E-state index >= 15 is 0 Å². The van der Waals surface area contributed by atoms with E-state index < -0.39 is 11.9 Å². The summed E-state index contributed by atoms with van der Waals surface area (Å²) >= 11 is 0. The molecule has 1 atom stereocenters. The van der Waals surface area contributed by atoms with Gasteiger partial charge in [-0.05, 0) is 11.6 Å². The fourth-order valence-corrected chi connectivity index (χ4v) is 2.03. The van der Waals surface area contributed by atoms with Crippen molar-refractivity contribution >= 4 is 5.97 Å². The topological polar surface area (TPSA) is 49.3 Å². The molecule has 0 amide bonds. The van der Waals surface area contributed by atoms with Crippen LogP contribution in [0.1, 0.15) is 17.0 Å². The van der Waals surface area contributed by atoms with Crippen LogP contribution in [0.4, 0.5) is 4.39 Å². The monoisotopic (exact) mass is 273 g/mol. The van der Waals surface area contributed by atoms with Gasteiger partial charge in [-0.15, -0.1) is 0 Å². The molecule has 0 fully saturated rings. The van der Waals surface area contributed by atoms with Crippen molar-refractivity contribution in [2.75, 3.05) is 6.54 Å². The van der Waals surface area contributed by atoms with Crippen LogP contribution in [0.2, 0.25) is 0 Å². The summed E-state index contributed by atoms with van der Waals surface area (Å²) < 4.78 is 13.4. The molecule has 0 saturated carbocycles. The summed E-state index contributed by atoms with van der Waals surface area (Å²) in [6, 6.07) is 15.5. The van der Waals surface area contributed by atoms with Gasteiger partial charge in [0.1, 0.15) is 5.82 Å². The van der Waals surface area contributed by atoms with Gasteiger partial charge in [0.05, 0.1) is 5.92 Å². The van der Waals surface area contributed by atoms with Crippen LogP contribution in [0.15, 0.2) is 54.6 Å². The molecular formula is C16H16FNO2. The minimum absolute atomic E-state index is 0.258. The highest BCUT2D eigenvalue weighted by Gasteiger charge is 2.18. The molecule has 1 unspecified atom stereocenters. The highest BCUT2D eigenvalue weighted by atomic mass is 19.1. The van der Waals surface area contributed by atoms with Crippen LogP contribution in [0, 0.1) is 5.82 Å². The normalized spacial score (nSPS) is 12.1. The molecule has 0 aliphatic heterocycles. The first kappa shape index (κ1) is 14.2. The molecule has 104 valence electrons. The number of aliphatic carboxylic acids is 1. The minimum atomic E-state index is -0.891. The number of carboxylic acids is 1. The Balaban J connectivity index is 1.97. The third-order valence-electron chi connectivity index (χ3n) is 3.12. The Morgan fingerprint density at radius 3 is 2.40 bits per heavy atom. The molecule has 0 saturated heterocycles. The van der Waals surface area contributed by atoms with Crippen LogP contribution in [-0.4, -0.2) is 17.6 Å². The van der Waals surface area contributed by atoms with Gasteiger partial charge in [-0.2, -0.15) is 0 Å². The maximum atomic E-state index is 13.4. The molecule has 0 bridgehead atoms. The van der Waals surface area contributed by atoms with Crippen LogP contribution < -0.4 is 5.32 Å². The number of hydrogen-bond acceptors (Lipinski definition) is 2. The van der Waals surface area contributed by atoms with E-state index in [1.54, 1.807) is 30.3 Å². The Morgan fingerprint density at radius 2 is 1.75 bits per heavy atom. The van der Waals surface area contributed by atoms with E-state index in [1.807, 2.05) is 18.2 Å².